The third-order valence-electron chi connectivity index (χ3n) is 3.82. The van der Waals surface area contributed by atoms with Crippen molar-refractivity contribution in [3.8, 4) is 0 Å². The van der Waals surface area contributed by atoms with Crippen molar-refractivity contribution in [3.63, 3.8) is 0 Å². The van der Waals surface area contributed by atoms with E-state index in [4.69, 9.17) is 0 Å². The van der Waals surface area contributed by atoms with Gasteiger partial charge in [0.25, 0.3) is 0 Å². The zero-order chi connectivity index (χ0) is 13.7. The van der Waals surface area contributed by atoms with Crippen LogP contribution in [-0.4, -0.2) is 0 Å². The highest BCUT2D eigenvalue weighted by Crippen LogP contribution is 2.46. The Hall–Kier alpha value is -1.71. The lowest BCUT2D eigenvalue weighted by Crippen LogP contribution is -3.00. The number of fused-ring (bicyclic) bond motifs is 4. The number of aryl methyl sites for hydroxylation is 2. The van der Waals surface area contributed by atoms with Crippen molar-refractivity contribution in [2.45, 2.75) is 16.7 Å². The maximum atomic E-state index is 3.64. The SMILES string of the molecule is Cc1cccc2c1Nc1c(c[n+](C)c3ccccc13)S2.[Cl-]. The third-order valence-corrected chi connectivity index (χ3v) is 4.90. The molecule has 0 unspecified atom stereocenters. The smallest absolute Gasteiger partial charge is 0.214 e. The largest absolute Gasteiger partial charge is 1.00 e. The topological polar surface area (TPSA) is 15.9 Å². The molecule has 1 aliphatic heterocycles. The van der Waals surface area contributed by atoms with E-state index in [2.05, 4.69) is 72.5 Å². The summed E-state index contributed by atoms with van der Waals surface area (Å²) < 4.78 is 2.20. The molecule has 2 heterocycles. The molecule has 4 rings (SSSR count). The van der Waals surface area contributed by atoms with Crippen molar-refractivity contribution in [2.75, 3.05) is 5.32 Å². The van der Waals surface area contributed by atoms with Crippen molar-refractivity contribution in [2.24, 2.45) is 7.05 Å². The van der Waals surface area contributed by atoms with Gasteiger partial charge in [0, 0.05) is 11.0 Å². The summed E-state index contributed by atoms with van der Waals surface area (Å²) in [4.78, 5) is 2.58. The van der Waals surface area contributed by atoms with Crippen molar-refractivity contribution in [1.82, 2.24) is 0 Å². The number of halogens is 1. The minimum absolute atomic E-state index is 0. The molecule has 2 aromatic carbocycles. The standard InChI is InChI=1S/C17H14N2S.ClH/c1-11-6-5-9-14-16(11)18-17-12-7-3-4-8-13(12)19(2)10-15(17)20-14;/h3-10H,1-2H3;1H. The van der Waals surface area contributed by atoms with Crippen LogP contribution in [0.3, 0.4) is 0 Å². The van der Waals surface area contributed by atoms with Crippen molar-refractivity contribution >= 4 is 34.0 Å². The van der Waals surface area contributed by atoms with E-state index in [1.807, 2.05) is 11.8 Å². The molecule has 106 valence electrons. The van der Waals surface area contributed by atoms with Crippen LogP contribution in [0.1, 0.15) is 5.56 Å². The Kier molecular flexibility index (Phi) is 3.56. The number of nitrogens with one attached hydrogen (secondary N) is 1. The van der Waals surface area contributed by atoms with Crippen LogP contribution in [0.5, 0.6) is 0 Å². The van der Waals surface area contributed by atoms with E-state index in [1.165, 1.54) is 37.6 Å². The highest BCUT2D eigenvalue weighted by atomic mass is 35.5. The average molecular weight is 315 g/mol. The fourth-order valence-corrected chi connectivity index (χ4v) is 3.94. The van der Waals surface area contributed by atoms with Gasteiger partial charge in [0.15, 0.2) is 6.20 Å². The molecule has 0 atom stereocenters. The molecule has 1 aliphatic rings. The summed E-state index contributed by atoms with van der Waals surface area (Å²) in [5, 5.41) is 4.92. The minimum atomic E-state index is 0. The highest BCUT2D eigenvalue weighted by molar-refractivity contribution is 7.99. The number of benzene rings is 2. The summed E-state index contributed by atoms with van der Waals surface area (Å²) in [5.41, 5.74) is 5.00. The molecule has 1 N–H and O–H groups in total. The number of hydrogen-bond acceptors (Lipinski definition) is 2. The molecule has 0 amide bonds. The van der Waals surface area contributed by atoms with Gasteiger partial charge < -0.3 is 17.7 Å². The van der Waals surface area contributed by atoms with E-state index in [-0.39, 0.29) is 12.4 Å². The van der Waals surface area contributed by atoms with Crippen LogP contribution in [0.2, 0.25) is 0 Å². The summed E-state index contributed by atoms with van der Waals surface area (Å²) in [7, 11) is 2.11. The Labute approximate surface area is 134 Å². The second kappa shape index (κ2) is 5.24. The normalized spacial score (nSPS) is 12.1. The molecule has 0 fully saturated rings. The molecule has 0 spiro atoms. The molecule has 0 saturated carbocycles. The Bertz CT molecular complexity index is 846. The first-order valence-corrected chi connectivity index (χ1v) is 7.51. The van der Waals surface area contributed by atoms with Crippen LogP contribution in [0.15, 0.2) is 58.5 Å². The number of anilines is 2. The second-order valence-corrected chi connectivity index (χ2v) is 6.26. The van der Waals surface area contributed by atoms with Gasteiger partial charge in [0.1, 0.15) is 11.9 Å². The van der Waals surface area contributed by atoms with Gasteiger partial charge in [-0.3, -0.25) is 0 Å². The molecule has 4 heteroatoms. The lowest BCUT2D eigenvalue weighted by molar-refractivity contribution is -0.646. The number of para-hydroxylation sites is 2. The van der Waals surface area contributed by atoms with E-state index in [9.17, 15) is 0 Å². The van der Waals surface area contributed by atoms with Crippen LogP contribution in [-0.2, 0) is 7.05 Å². The predicted octanol–water partition coefficient (Wildman–Crippen LogP) is 1.18. The summed E-state index contributed by atoms with van der Waals surface area (Å²) in [6.45, 7) is 2.16. The van der Waals surface area contributed by atoms with Crippen LogP contribution >= 0.6 is 11.8 Å². The molecular weight excluding hydrogens is 300 g/mol. The third kappa shape index (κ3) is 2.17. The van der Waals surface area contributed by atoms with Crippen molar-refractivity contribution in [3.05, 3.63) is 54.2 Å². The van der Waals surface area contributed by atoms with Gasteiger partial charge in [-0.1, -0.05) is 36.0 Å². The zero-order valence-electron chi connectivity index (χ0n) is 11.9. The van der Waals surface area contributed by atoms with Gasteiger partial charge in [0.05, 0.1) is 16.8 Å². The van der Waals surface area contributed by atoms with Gasteiger partial charge in [-0.25, -0.2) is 0 Å². The second-order valence-electron chi connectivity index (χ2n) is 5.17. The fraction of sp³-hybridized carbons (Fsp3) is 0.118. The van der Waals surface area contributed by atoms with E-state index >= 15 is 0 Å². The maximum absolute atomic E-state index is 3.64. The van der Waals surface area contributed by atoms with Crippen LogP contribution < -0.4 is 22.3 Å². The molecule has 0 radical (unpaired) electrons. The maximum Gasteiger partial charge on any atom is 0.214 e. The Morgan fingerprint density at radius 2 is 1.76 bits per heavy atom. The molecule has 0 saturated heterocycles. The molecule has 21 heavy (non-hydrogen) atoms. The Morgan fingerprint density at radius 3 is 2.62 bits per heavy atom. The number of pyridine rings is 1. The van der Waals surface area contributed by atoms with E-state index in [0.29, 0.717) is 0 Å². The number of nitrogens with zero attached hydrogens (tertiary/aromatic N) is 1. The van der Waals surface area contributed by atoms with Crippen LogP contribution in [0, 0.1) is 6.92 Å². The fourth-order valence-electron chi connectivity index (χ4n) is 2.77. The molecular formula is C17H15ClN2S. The molecule has 0 aliphatic carbocycles. The van der Waals surface area contributed by atoms with Gasteiger partial charge in [-0.05, 0) is 24.6 Å². The van der Waals surface area contributed by atoms with Gasteiger partial charge in [-0.2, -0.15) is 4.57 Å². The number of aromatic nitrogens is 1. The summed E-state index contributed by atoms with van der Waals surface area (Å²) in [6, 6.07) is 15.0. The van der Waals surface area contributed by atoms with Gasteiger partial charge in [0.2, 0.25) is 5.52 Å². The lowest BCUT2D eigenvalue weighted by Gasteiger charge is -2.22. The monoisotopic (exact) mass is 314 g/mol. The molecule has 3 aromatic rings. The van der Waals surface area contributed by atoms with E-state index in [1.54, 1.807) is 0 Å². The summed E-state index contributed by atoms with van der Waals surface area (Å²) in [6.07, 6.45) is 2.21. The molecule has 1 aromatic heterocycles. The summed E-state index contributed by atoms with van der Waals surface area (Å²) in [5.74, 6) is 0. The number of rotatable bonds is 0. The first-order chi connectivity index (χ1) is 9.74. The zero-order valence-corrected chi connectivity index (χ0v) is 13.4. The predicted molar refractivity (Wildman–Crippen MR) is 83.7 cm³/mol. The van der Waals surface area contributed by atoms with Gasteiger partial charge in [-0.15, -0.1) is 0 Å². The minimum Gasteiger partial charge on any atom is -1.00 e. The highest BCUT2D eigenvalue weighted by Gasteiger charge is 2.23. The van der Waals surface area contributed by atoms with Crippen molar-refractivity contribution < 1.29 is 17.0 Å². The van der Waals surface area contributed by atoms with Crippen LogP contribution in [0.4, 0.5) is 11.4 Å². The first-order valence-electron chi connectivity index (χ1n) is 6.70. The average Bonchev–Trinajstić information content (AvgIpc) is 2.47. The first kappa shape index (κ1) is 14.2. The Morgan fingerprint density at radius 1 is 0.952 bits per heavy atom. The van der Waals surface area contributed by atoms with Crippen LogP contribution in [0.25, 0.3) is 10.9 Å². The number of hydrogen-bond donors (Lipinski definition) is 1. The van der Waals surface area contributed by atoms with Crippen molar-refractivity contribution in [1.29, 1.82) is 0 Å². The van der Waals surface area contributed by atoms with Gasteiger partial charge >= 0.3 is 0 Å². The van der Waals surface area contributed by atoms with E-state index < -0.39 is 0 Å². The molecule has 2 nitrogen and oxygen atoms in total. The Balaban J connectivity index is 0.00000132. The lowest BCUT2D eigenvalue weighted by atomic mass is 10.1. The quantitative estimate of drug-likeness (QED) is 0.491. The van der Waals surface area contributed by atoms with E-state index in [0.717, 1.165) is 0 Å². The summed E-state index contributed by atoms with van der Waals surface area (Å²) >= 11 is 1.84. The molecule has 0 bridgehead atoms.